The van der Waals surface area contributed by atoms with Crippen molar-refractivity contribution in [3.63, 3.8) is 0 Å². The minimum absolute atomic E-state index is 0.0442. The van der Waals surface area contributed by atoms with Gasteiger partial charge in [-0.05, 0) is 46.4 Å². The second kappa shape index (κ2) is 6.70. The van der Waals surface area contributed by atoms with E-state index in [0.717, 1.165) is 17.5 Å². The maximum atomic E-state index is 12.6. The number of allylic oxidation sites excluding steroid dienone is 1. The maximum Gasteiger partial charge on any atom is 0.168 e. The second-order valence-electron chi connectivity index (χ2n) is 6.26. The van der Waals surface area contributed by atoms with Gasteiger partial charge in [-0.15, -0.1) is 0 Å². The highest BCUT2D eigenvalue weighted by atomic mass is 35.5. The molecule has 1 aliphatic rings. The average molecular weight is 345 g/mol. The highest BCUT2D eigenvalue weighted by Crippen LogP contribution is 2.31. The molecule has 0 saturated carbocycles. The first-order valence-electron chi connectivity index (χ1n) is 8.38. The first-order valence-corrected chi connectivity index (χ1v) is 8.75. The summed E-state index contributed by atoms with van der Waals surface area (Å²) in [5, 5.41) is 0.510. The molecule has 3 aromatic rings. The lowest BCUT2D eigenvalue weighted by Gasteiger charge is -2.10. The zero-order chi connectivity index (χ0) is 17.2. The zero-order valence-electron chi connectivity index (χ0n) is 13.7. The predicted octanol–water partition coefficient (Wildman–Crippen LogP) is 6.00. The number of hydrogen-bond acceptors (Lipinski definition) is 1. The third kappa shape index (κ3) is 3.16. The summed E-state index contributed by atoms with van der Waals surface area (Å²) in [6.07, 6.45) is 5.68. The predicted molar refractivity (Wildman–Crippen MR) is 104 cm³/mol. The van der Waals surface area contributed by atoms with Crippen LogP contribution in [-0.4, -0.2) is 5.78 Å². The van der Waals surface area contributed by atoms with Crippen LogP contribution in [0.2, 0.25) is 5.02 Å². The Morgan fingerprint density at radius 1 is 0.960 bits per heavy atom. The topological polar surface area (TPSA) is 17.1 Å². The summed E-state index contributed by atoms with van der Waals surface area (Å²) in [5.74, 6) is 0.0442. The molecule has 0 saturated heterocycles. The molecule has 3 aromatic carbocycles. The summed E-state index contributed by atoms with van der Waals surface area (Å²) in [7, 11) is 0. The quantitative estimate of drug-likeness (QED) is 0.530. The van der Waals surface area contributed by atoms with E-state index in [9.17, 15) is 4.79 Å². The molecule has 0 heterocycles. The highest BCUT2D eigenvalue weighted by Gasteiger charge is 2.14. The first kappa shape index (κ1) is 15.9. The van der Waals surface area contributed by atoms with Crippen molar-refractivity contribution in [1.29, 1.82) is 0 Å². The molecular formula is C23H17ClO. The van der Waals surface area contributed by atoms with E-state index in [1.54, 1.807) is 12.1 Å². The summed E-state index contributed by atoms with van der Waals surface area (Å²) < 4.78 is 0. The molecule has 2 heteroatoms. The Kier molecular flexibility index (Phi) is 4.25. The molecular weight excluding hydrogens is 328 g/mol. The van der Waals surface area contributed by atoms with Crippen molar-refractivity contribution in [2.75, 3.05) is 0 Å². The Labute approximate surface area is 152 Å². The summed E-state index contributed by atoms with van der Waals surface area (Å²) in [6.45, 7) is 0. The number of Topliss-reactive ketones (excluding diaryl/α,β-unsaturated/α-hetero) is 1. The van der Waals surface area contributed by atoms with E-state index in [4.69, 9.17) is 11.6 Å². The molecule has 25 heavy (non-hydrogen) atoms. The van der Waals surface area contributed by atoms with Gasteiger partial charge in [0, 0.05) is 12.0 Å². The molecule has 122 valence electrons. The molecule has 0 spiro atoms. The number of halogens is 1. The molecule has 0 amide bonds. The molecule has 1 aliphatic carbocycles. The lowest BCUT2D eigenvalue weighted by atomic mass is 9.94. The van der Waals surface area contributed by atoms with Crippen LogP contribution in [0, 0.1) is 0 Å². The van der Waals surface area contributed by atoms with E-state index in [1.165, 1.54) is 16.7 Å². The smallest absolute Gasteiger partial charge is 0.168 e. The lowest BCUT2D eigenvalue weighted by molar-refractivity contribution is 0.0993. The van der Waals surface area contributed by atoms with Gasteiger partial charge >= 0.3 is 0 Å². The van der Waals surface area contributed by atoms with E-state index in [-0.39, 0.29) is 5.78 Å². The molecule has 0 radical (unpaired) electrons. The van der Waals surface area contributed by atoms with Crippen LogP contribution in [0.3, 0.4) is 0 Å². The zero-order valence-corrected chi connectivity index (χ0v) is 14.5. The Morgan fingerprint density at radius 2 is 1.80 bits per heavy atom. The minimum atomic E-state index is 0.0442. The van der Waals surface area contributed by atoms with Crippen LogP contribution >= 0.6 is 11.6 Å². The average Bonchev–Trinajstić information content (AvgIpc) is 3.11. The van der Waals surface area contributed by atoms with Crippen molar-refractivity contribution in [3.8, 4) is 11.1 Å². The maximum absolute atomic E-state index is 12.6. The van der Waals surface area contributed by atoms with Crippen LogP contribution in [0.25, 0.3) is 17.2 Å². The largest absolute Gasteiger partial charge is 0.294 e. The van der Waals surface area contributed by atoms with Gasteiger partial charge in [0.05, 0.1) is 5.02 Å². The fourth-order valence-electron chi connectivity index (χ4n) is 3.38. The molecule has 4 rings (SSSR count). The summed E-state index contributed by atoms with van der Waals surface area (Å²) in [4.78, 5) is 12.6. The molecule has 0 bridgehead atoms. The number of rotatable bonds is 4. The number of carbonyl (C=O) groups excluding carboxylic acids is 1. The van der Waals surface area contributed by atoms with Crippen LogP contribution in [-0.2, 0) is 12.8 Å². The summed E-state index contributed by atoms with van der Waals surface area (Å²) >= 11 is 6.15. The van der Waals surface area contributed by atoms with Crippen LogP contribution < -0.4 is 0 Å². The monoisotopic (exact) mass is 344 g/mol. The van der Waals surface area contributed by atoms with Gasteiger partial charge in [-0.3, -0.25) is 4.79 Å². The number of carbonyl (C=O) groups is 1. The standard InChI is InChI=1S/C23H17ClO/c24-22-13-2-1-10-21(22)23(25)15-16-6-3-9-18(14-16)20-12-5-8-17-7-4-11-19(17)20/h1-10,12-14H,11,15H2. The van der Waals surface area contributed by atoms with Gasteiger partial charge in [-0.25, -0.2) is 0 Å². The lowest BCUT2D eigenvalue weighted by Crippen LogP contribution is -2.04. The fourth-order valence-corrected chi connectivity index (χ4v) is 3.62. The highest BCUT2D eigenvalue weighted by molar-refractivity contribution is 6.34. The molecule has 0 N–H and O–H groups in total. The van der Waals surface area contributed by atoms with Gasteiger partial charge in [-0.2, -0.15) is 0 Å². The van der Waals surface area contributed by atoms with Crippen LogP contribution in [0.4, 0.5) is 0 Å². The molecule has 0 fully saturated rings. The van der Waals surface area contributed by atoms with Crippen molar-refractivity contribution in [2.45, 2.75) is 12.8 Å². The summed E-state index contributed by atoms with van der Waals surface area (Å²) in [5.41, 5.74) is 6.64. The van der Waals surface area contributed by atoms with Crippen LogP contribution in [0.5, 0.6) is 0 Å². The molecule has 1 nitrogen and oxygen atoms in total. The Balaban J connectivity index is 1.64. The van der Waals surface area contributed by atoms with E-state index >= 15 is 0 Å². The third-order valence-corrected chi connectivity index (χ3v) is 4.94. The van der Waals surface area contributed by atoms with E-state index in [2.05, 4.69) is 42.5 Å². The normalized spacial score (nSPS) is 12.2. The van der Waals surface area contributed by atoms with Gasteiger partial charge in [0.15, 0.2) is 5.78 Å². The first-order chi connectivity index (χ1) is 12.2. The van der Waals surface area contributed by atoms with E-state index in [0.29, 0.717) is 17.0 Å². The number of ketones is 1. The van der Waals surface area contributed by atoms with Gasteiger partial charge in [0.25, 0.3) is 0 Å². The number of benzene rings is 3. The van der Waals surface area contributed by atoms with E-state index < -0.39 is 0 Å². The molecule has 0 aromatic heterocycles. The second-order valence-corrected chi connectivity index (χ2v) is 6.67. The van der Waals surface area contributed by atoms with Crippen molar-refractivity contribution in [2.24, 2.45) is 0 Å². The van der Waals surface area contributed by atoms with Gasteiger partial charge in [-0.1, -0.05) is 78.4 Å². The Hall–Kier alpha value is -2.64. The van der Waals surface area contributed by atoms with Crippen molar-refractivity contribution in [3.05, 3.63) is 100 Å². The van der Waals surface area contributed by atoms with Gasteiger partial charge < -0.3 is 0 Å². The van der Waals surface area contributed by atoms with E-state index in [1.807, 2.05) is 24.3 Å². The number of hydrogen-bond donors (Lipinski definition) is 0. The molecule has 0 aliphatic heterocycles. The Bertz CT molecular complexity index is 985. The summed E-state index contributed by atoms with van der Waals surface area (Å²) in [6, 6.07) is 21.8. The van der Waals surface area contributed by atoms with Crippen molar-refractivity contribution < 1.29 is 4.79 Å². The Morgan fingerprint density at radius 3 is 2.68 bits per heavy atom. The number of fused-ring (bicyclic) bond motifs is 1. The minimum Gasteiger partial charge on any atom is -0.294 e. The fraction of sp³-hybridized carbons (Fsp3) is 0.0870. The molecule has 0 atom stereocenters. The van der Waals surface area contributed by atoms with Crippen LogP contribution in [0.15, 0.2) is 72.8 Å². The van der Waals surface area contributed by atoms with Crippen molar-refractivity contribution >= 4 is 23.5 Å². The molecule has 0 unspecified atom stereocenters. The van der Waals surface area contributed by atoms with Crippen LogP contribution in [0.1, 0.15) is 27.0 Å². The third-order valence-electron chi connectivity index (χ3n) is 4.61. The van der Waals surface area contributed by atoms with Gasteiger partial charge in [0.2, 0.25) is 0 Å². The van der Waals surface area contributed by atoms with Crippen molar-refractivity contribution in [1.82, 2.24) is 0 Å². The van der Waals surface area contributed by atoms with Gasteiger partial charge in [0.1, 0.15) is 0 Å². The SMILES string of the molecule is O=C(Cc1cccc(-c2cccc3c2CC=C3)c1)c1ccccc1Cl.